The number of likely N-dealkylation sites (tertiary alicyclic amines) is 1. The first-order chi connectivity index (χ1) is 16.2. The molecule has 10 heteroatoms. The number of furan rings is 1. The molecule has 0 radical (unpaired) electrons. The number of hydrogen-bond acceptors (Lipinski definition) is 8. The van der Waals surface area contributed by atoms with Gasteiger partial charge < -0.3 is 28.9 Å². The molecule has 1 amide bonds. The van der Waals surface area contributed by atoms with Gasteiger partial charge in [-0.1, -0.05) is 0 Å². The zero-order chi connectivity index (χ0) is 24.6. The van der Waals surface area contributed by atoms with Gasteiger partial charge in [0.2, 0.25) is 0 Å². The Morgan fingerprint density at radius 2 is 1.88 bits per heavy atom. The van der Waals surface area contributed by atoms with Crippen LogP contribution in [-0.2, 0) is 19.1 Å². The number of amides is 1. The topological polar surface area (TPSA) is 125 Å². The van der Waals surface area contributed by atoms with Crippen molar-refractivity contribution in [3.8, 4) is 0 Å². The number of ketones is 1. The van der Waals surface area contributed by atoms with Crippen LogP contribution in [0, 0.1) is 20.8 Å². The van der Waals surface area contributed by atoms with Crippen LogP contribution >= 0.6 is 0 Å². The first-order valence-electron chi connectivity index (χ1n) is 11.2. The van der Waals surface area contributed by atoms with Crippen molar-refractivity contribution >= 4 is 23.4 Å². The minimum Gasteiger partial charge on any atom is -0.507 e. The van der Waals surface area contributed by atoms with Gasteiger partial charge >= 0.3 is 5.97 Å². The Morgan fingerprint density at radius 1 is 1.18 bits per heavy atom. The second-order valence-corrected chi connectivity index (χ2v) is 8.51. The molecule has 4 heterocycles. The third-order valence-electron chi connectivity index (χ3n) is 6.40. The fraction of sp³-hybridized carbons (Fsp3) is 0.458. The summed E-state index contributed by atoms with van der Waals surface area (Å²) < 4.78 is 16.0. The number of aromatic nitrogens is 1. The molecule has 0 unspecified atom stereocenters. The van der Waals surface area contributed by atoms with Crippen LogP contribution in [0.4, 0.5) is 0 Å². The Labute approximate surface area is 197 Å². The number of H-pyrrole nitrogens is 1. The van der Waals surface area contributed by atoms with Gasteiger partial charge in [0, 0.05) is 37.4 Å². The summed E-state index contributed by atoms with van der Waals surface area (Å²) in [5, 5.41) is 11.4. The molecule has 0 bridgehead atoms. The average Bonchev–Trinajstić information content (AvgIpc) is 3.46. The highest BCUT2D eigenvalue weighted by Gasteiger charge is 2.48. The Morgan fingerprint density at radius 3 is 2.50 bits per heavy atom. The van der Waals surface area contributed by atoms with Crippen molar-refractivity contribution in [3.05, 3.63) is 51.7 Å². The van der Waals surface area contributed by atoms with Crippen LogP contribution in [0.2, 0.25) is 0 Å². The Kier molecular flexibility index (Phi) is 6.63. The molecular formula is C24H29N3O7. The molecule has 2 aromatic rings. The van der Waals surface area contributed by atoms with Gasteiger partial charge in [0.25, 0.3) is 11.7 Å². The summed E-state index contributed by atoms with van der Waals surface area (Å²) in [7, 11) is 1.26. The molecule has 1 atom stereocenters. The smallest absolute Gasteiger partial charge is 0.354 e. The number of carbonyl (C=O) groups is 3. The lowest BCUT2D eigenvalue weighted by atomic mass is 9.97. The number of Topliss-reactive ketones (excluding diaryl/α,β-unsaturated/α-hetero) is 1. The Bertz CT molecular complexity index is 1150. The van der Waals surface area contributed by atoms with Gasteiger partial charge in [-0.3, -0.25) is 14.5 Å². The van der Waals surface area contributed by atoms with Crippen molar-refractivity contribution < 1.29 is 33.4 Å². The van der Waals surface area contributed by atoms with Crippen LogP contribution in [0.3, 0.4) is 0 Å². The van der Waals surface area contributed by atoms with Crippen LogP contribution in [0.1, 0.15) is 44.9 Å². The molecule has 2 aromatic heterocycles. The summed E-state index contributed by atoms with van der Waals surface area (Å²) in [6, 6.07) is 2.57. The standard InChI is InChI=1S/C24H29N3O7/c1-13-5-6-16(34-13)20-18(21(28)17-14(2)19(24(31)32-4)25-15(17)3)22(29)23(30)27(20)8-7-26-9-11-33-12-10-26/h5-6,20,25,28H,7-12H2,1-4H3/b21-18+/t20-/m0/s1. The highest BCUT2D eigenvalue weighted by atomic mass is 16.5. The highest BCUT2D eigenvalue weighted by Crippen LogP contribution is 2.41. The predicted octanol–water partition coefficient (Wildman–Crippen LogP) is 2.07. The van der Waals surface area contributed by atoms with E-state index in [0.29, 0.717) is 48.1 Å². The van der Waals surface area contributed by atoms with Gasteiger partial charge in [-0.25, -0.2) is 4.79 Å². The van der Waals surface area contributed by atoms with Crippen molar-refractivity contribution in [2.45, 2.75) is 26.8 Å². The summed E-state index contributed by atoms with van der Waals surface area (Å²) in [5.74, 6) is -1.43. The normalized spacial score (nSPS) is 20.8. The number of morpholine rings is 1. The first-order valence-corrected chi connectivity index (χ1v) is 11.2. The van der Waals surface area contributed by atoms with Gasteiger partial charge in [0.05, 0.1) is 25.9 Å². The molecule has 4 rings (SSSR count). The molecule has 0 saturated carbocycles. The van der Waals surface area contributed by atoms with Gasteiger partial charge in [0.15, 0.2) is 0 Å². The molecule has 2 fully saturated rings. The fourth-order valence-corrected chi connectivity index (χ4v) is 4.63. The molecule has 182 valence electrons. The third kappa shape index (κ3) is 4.14. The Balaban J connectivity index is 1.78. The van der Waals surface area contributed by atoms with Gasteiger partial charge in [-0.15, -0.1) is 0 Å². The number of ether oxygens (including phenoxy) is 2. The number of rotatable bonds is 6. The maximum atomic E-state index is 13.2. The zero-order valence-electron chi connectivity index (χ0n) is 19.8. The van der Waals surface area contributed by atoms with E-state index in [9.17, 15) is 19.5 Å². The van der Waals surface area contributed by atoms with Crippen molar-refractivity contribution in [2.75, 3.05) is 46.5 Å². The van der Waals surface area contributed by atoms with E-state index in [2.05, 4.69) is 9.88 Å². The van der Waals surface area contributed by atoms with Crippen LogP contribution in [0.15, 0.2) is 22.1 Å². The number of methoxy groups -OCH3 is 1. The number of nitrogens with zero attached hydrogens (tertiary/aromatic N) is 2. The van der Waals surface area contributed by atoms with Crippen LogP contribution in [0.25, 0.3) is 5.76 Å². The van der Waals surface area contributed by atoms with E-state index in [1.165, 1.54) is 12.0 Å². The second kappa shape index (κ2) is 9.47. The van der Waals surface area contributed by atoms with Gasteiger partial charge in [-0.2, -0.15) is 0 Å². The van der Waals surface area contributed by atoms with Crippen molar-refractivity contribution in [1.29, 1.82) is 0 Å². The van der Waals surface area contributed by atoms with Crippen LogP contribution in [0.5, 0.6) is 0 Å². The first kappa shape index (κ1) is 23.8. The molecule has 10 nitrogen and oxygen atoms in total. The minimum atomic E-state index is -0.884. The quantitative estimate of drug-likeness (QED) is 0.284. The van der Waals surface area contributed by atoms with E-state index in [-0.39, 0.29) is 23.6 Å². The van der Waals surface area contributed by atoms with Gasteiger partial charge in [0.1, 0.15) is 29.0 Å². The molecule has 2 aliphatic rings. The molecular weight excluding hydrogens is 442 g/mol. The third-order valence-corrected chi connectivity index (χ3v) is 6.40. The van der Waals surface area contributed by atoms with Crippen LogP contribution in [-0.4, -0.2) is 84.1 Å². The van der Waals surface area contributed by atoms with E-state index in [1.807, 2.05) is 0 Å². The number of esters is 1. The Hall–Kier alpha value is -3.37. The van der Waals surface area contributed by atoms with E-state index < -0.39 is 23.7 Å². The molecule has 0 spiro atoms. The lowest BCUT2D eigenvalue weighted by molar-refractivity contribution is -0.140. The monoisotopic (exact) mass is 471 g/mol. The molecule has 0 aromatic carbocycles. The van der Waals surface area contributed by atoms with Crippen molar-refractivity contribution in [1.82, 2.24) is 14.8 Å². The van der Waals surface area contributed by atoms with Gasteiger partial charge in [-0.05, 0) is 38.5 Å². The lowest BCUT2D eigenvalue weighted by Crippen LogP contribution is -2.42. The number of aromatic amines is 1. The second-order valence-electron chi connectivity index (χ2n) is 8.51. The van der Waals surface area contributed by atoms with E-state index >= 15 is 0 Å². The molecule has 0 aliphatic carbocycles. The molecule has 2 N–H and O–H groups in total. The number of carbonyl (C=O) groups excluding carboxylic acids is 3. The maximum Gasteiger partial charge on any atom is 0.354 e. The number of aliphatic hydroxyl groups is 1. The molecule has 2 aliphatic heterocycles. The number of nitrogens with one attached hydrogen (secondary N) is 1. The fourth-order valence-electron chi connectivity index (χ4n) is 4.63. The average molecular weight is 472 g/mol. The lowest BCUT2D eigenvalue weighted by Gasteiger charge is -2.30. The number of aryl methyl sites for hydroxylation is 2. The summed E-state index contributed by atoms with van der Waals surface area (Å²) in [6.07, 6.45) is 0. The molecule has 34 heavy (non-hydrogen) atoms. The summed E-state index contributed by atoms with van der Waals surface area (Å²) >= 11 is 0. The minimum absolute atomic E-state index is 0.0667. The number of hydrogen-bond donors (Lipinski definition) is 2. The van der Waals surface area contributed by atoms with E-state index in [4.69, 9.17) is 13.9 Å². The van der Waals surface area contributed by atoms with Crippen molar-refractivity contribution in [3.63, 3.8) is 0 Å². The molecule has 2 saturated heterocycles. The summed E-state index contributed by atoms with van der Waals surface area (Å²) in [5.41, 5.74) is 1.30. The highest BCUT2D eigenvalue weighted by molar-refractivity contribution is 6.46. The largest absolute Gasteiger partial charge is 0.507 e. The van der Waals surface area contributed by atoms with E-state index in [0.717, 1.165) is 13.1 Å². The number of aliphatic hydroxyl groups excluding tert-OH is 1. The summed E-state index contributed by atoms with van der Waals surface area (Å²) in [4.78, 5) is 45.0. The van der Waals surface area contributed by atoms with Crippen molar-refractivity contribution in [2.24, 2.45) is 0 Å². The SMILES string of the molecule is COC(=O)c1[nH]c(C)c(/C(O)=C2\C(=O)C(=O)N(CCN3CCOCC3)[C@H]2c2ccc(C)o2)c1C. The zero-order valence-corrected chi connectivity index (χ0v) is 19.8. The predicted molar refractivity (Wildman–Crippen MR) is 121 cm³/mol. The van der Waals surface area contributed by atoms with Crippen LogP contribution < -0.4 is 0 Å². The summed E-state index contributed by atoms with van der Waals surface area (Å²) in [6.45, 7) is 8.65. The maximum absolute atomic E-state index is 13.2. The van der Waals surface area contributed by atoms with E-state index in [1.54, 1.807) is 32.9 Å².